The summed E-state index contributed by atoms with van der Waals surface area (Å²) in [6.07, 6.45) is 0. The first kappa shape index (κ1) is 21.4. The van der Waals surface area contributed by atoms with E-state index >= 15 is 0 Å². The molecular weight excluding hydrogens is 456 g/mol. The molecule has 0 atom stereocenters. The molecule has 6 nitrogen and oxygen atoms in total. The van der Waals surface area contributed by atoms with Crippen LogP contribution in [-0.2, 0) is 5.75 Å². The van der Waals surface area contributed by atoms with Crippen LogP contribution in [0, 0.1) is 13.8 Å². The highest BCUT2D eigenvalue weighted by Gasteiger charge is 2.15. The summed E-state index contributed by atoms with van der Waals surface area (Å²) in [6, 6.07) is 19.9. The second-order valence-corrected chi connectivity index (χ2v) is 9.15. The molecule has 0 aliphatic rings. The van der Waals surface area contributed by atoms with Crippen molar-refractivity contribution in [2.24, 2.45) is 0 Å². The summed E-state index contributed by atoms with van der Waals surface area (Å²) in [5.41, 5.74) is 4.01. The normalized spacial score (nSPS) is 11.4. The second-order valence-electron chi connectivity index (χ2n) is 7.77. The zero-order valence-electron chi connectivity index (χ0n) is 17.9. The van der Waals surface area contributed by atoms with Crippen molar-refractivity contribution in [2.75, 3.05) is 0 Å². The van der Waals surface area contributed by atoms with Crippen molar-refractivity contribution in [2.45, 2.75) is 24.8 Å². The van der Waals surface area contributed by atoms with Crippen LogP contribution in [0.5, 0.6) is 0 Å². The lowest BCUT2D eigenvalue weighted by atomic mass is 10.2. The van der Waals surface area contributed by atoms with Crippen molar-refractivity contribution in [3.8, 4) is 5.69 Å². The number of halogens is 1. The van der Waals surface area contributed by atoms with Gasteiger partial charge >= 0.3 is 0 Å². The molecule has 0 N–H and O–H groups in total. The van der Waals surface area contributed by atoms with E-state index in [4.69, 9.17) is 16.6 Å². The Bertz CT molecular complexity index is 1660. The van der Waals surface area contributed by atoms with Gasteiger partial charge in [-0.3, -0.25) is 18.6 Å². The molecule has 0 saturated heterocycles. The highest BCUT2D eigenvalue weighted by atomic mass is 35.5. The van der Waals surface area contributed by atoms with E-state index in [-0.39, 0.29) is 11.1 Å². The molecule has 8 heteroatoms. The first-order valence-electron chi connectivity index (χ1n) is 10.3. The Morgan fingerprint density at radius 3 is 2.58 bits per heavy atom. The van der Waals surface area contributed by atoms with Crippen molar-refractivity contribution in [3.63, 3.8) is 0 Å². The summed E-state index contributed by atoms with van der Waals surface area (Å²) >= 11 is 7.51. The number of fused-ring (bicyclic) bond motifs is 2. The van der Waals surface area contributed by atoms with Gasteiger partial charge in [-0.15, -0.1) is 0 Å². The van der Waals surface area contributed by atoms with Crippen LogP contribution in [0.1, 0.15) is 17.0 Å². The van der Waals surface area contributed by atoms with Gasteiger partial charge in [-0.05, 0) is 61.9 Å². The number of aryl methyl sites for hydroxylation is 2. The average molecular weight is 475 g/mol. The van der Waals surface area contributed by atoms with Crippen molar-refractivity contribution in [1.29, 1.82) is 0 Å². The lowest BCUT2D eigenvalue weighted by Gasteiger charge is -2.14. The van der Waals surface area contributed by atoms with E-state index in [0.717, 1.165) is 16.9 Å². The molecule has 0 fully saturated rings. The molecule has 5 rings (SSSR count). The standard InChI is InChI=1S/C25H19ClN4O2S/c1-15-5-3-7-19(11-15)30-24(32)20-10-9-17(26)12-21(20)28-25(30)33-14-18-13-23(31)29-16(2)6-4-8-22(29)27-18/h3-13H,14H2,1-2H3. The Kier molecular flexibility index (Phi) is 5.52. The maximum Gasteiger partial charge on any atom is 0.266 e. The third kappa shape index (κ3) is 4.05. The highest BCUT2D eigenvalue weighted by molar-refractivity contribution is 7.98. The van der Waals surface area contributed by atoms with E-state index in [2.05, 4.69) is 4.98 Å². The molecular formula is C25H19ClN4O2S. The molecule has 0 aliphatic carbocycles. The number of rotatable bonds is 4. The Labute approximate surface area is 198 Å². The summed E-state index contributed by atoms with van der Waals surface area (Å²) in [5.74, 6) is 0.379. The van der Waals surface area contributed by atoms with Crippen LogP contribution in [-0.4, -0.2) is 18.9 Å². The lowest BCUT2D eigenvalue weighted by molar-refractivity contribution is 0.818. The zero-order valence-corrected chi connectivity index (χ0v) is 19.5. The van der Waals surface area contributed by atoms with Gasteiger partial charge in [-0.1, -0.05) is 41.6 Å². The van der Waals surface area contributed by atoms with E-state index in [1.807, 2.05) is 56.3 Å². The van der Waals surface area contributed by atoms with Gasteiger partial charge < -0.3 is 0 Å². The van der Waals surface area contributed by atoms with Gasteiger partial charge in [-0.25, -0.2) is 9.97 Å². The molecule has 3 heterocycles. The van der Waals surface area contributed by atoms with Crippen molar-refractivity contribution in [3.05, 3.63) is 109 Å². The molecule has 0 spiro atoms. The van der Waals surface area contributed by atoms with Crippen molar-refractivity contribution >= 4 is 39.9 Å². The minimum absolute atomic E-state index is 0.136. The number of hydrogen-bond acceptors (Lipinski definition) is 5. The van der Waals surface area contributed by atoms with Gasteiger partial charge in [0.2, 0.25) is 0 Å². The van der Waals surface area contributed by atoms with Crippen LogP contribution in [0.15, 0.2) is 81.5 Å². The molecule has 0 bridgehead atoms. The summed E-state index contributed by atoms with van der Waals surface area (Å²) in [5, 5.41) is 1.51. The quantitative estimate of drug-likeness (QED) is 0.272. The predicted molar refractivity (Wildman–Crippen MR) is 133 cm³/mol. The molecule has 33 heavy (non-hydrogen) atoms. The van der Waals surface area contributed by atoms with Crippen LogP contribution in [0.25, 0.3) is 22.2 Å². The third-order valence-electron chi connectivity index (χ3n) is 5.34. The molecule has 0 aliphatic heterocycles. The molecule has 0 amide bonds. The first-order chi connectivity index (χ1) is 15.9. The number of aromatic nitrogens is 4. The van der Waals surface area contributed by atoms with E-state index in [9.17, 15) is 9.59 Å². The average Bonchev–Trinajstić information content (AvgIpc) is 2.77. The molecule has 2 aromatic carbocycles. The number of hydrogen-bond donors (Lipinski definition) is 0. The molecule has 3 aromatic heterocycles. The number of pyridine rings is 1. The van der Waals surface area contributed by atoms with Gasteiger partial charge in [0.1, 0.15) is 5.65 Å². The second kappa shape index (κ2) is 8.50. The van der Waals surface area contributed by atoms with Gasteiger partial charge in [0, 0.05) is 22.5 Å². The van der Waals surface area contributed by atoms with Crippen LogP contribution >= 0.6 is 23.4 Å². The summed E-state index contributed by atoms with van der Waals surface area (Å²) in [4.78, 5) is 35.5. The molecule has 0 saturated carbocycles. The largest absolute Gasteiger partial charge is 0.269 e. The van der Waals surface area contributed by atoms with Crippen molar-refractivity contribution in [1.82, 2.24) is 18.9 Å². The number of benzene rings is 2. The fourth-order valence-corrected chi connectivity index (χ4v) is 4.88. The SMILES string of the molecule is Cc1cccc(-n2c(SCc3cc(=O)n4c(C)cccc4n3)nc3cc(Cl)ccc3c2=O)c1. The van der Waals surface area contributed by atoms with Gasteiger partial charge in [0.25, 0.3) is 11.1 Å². The van der Waals surface area contributed by atoms with Gasteiger partial charge in [0.05, 0.1) is 22.3 Å². The number of nitrogens with zero attached hydrogens (tertiary/aromatic N) is 4. The summed E-state index contributed by atoms with van der Waals surface area (Å²) in [6.45, 7) is 3.85. The molecule has 164 valence electrons. The summed E-state index contributed by atoms with van der Waals surface area (Å²) < 4.78 is 3.18. The minimum atomic E-state index is -0.174. The fraction of sp³-hybridized carbons (Fsp3) is 0.120. The predicted octanol–water partition coefficient (Wildman–Crippen LogP) is 4.96. The van der Waals surface area contributed by atoms with Gasteiger partial charge in [0.15, 0.2) is 5.16 Å². The summed E-state index contributed by atoms with van der Waals surface area (Å²) in [7, 11) is 0. The minimum Gasteiger partial charge on any atom is -0.269 e. The van der Waals surface area contributed by atoms with Crippen LogP contribution < -0.4 is 11.1 Å². The molecule has 0 unspecified atom stereocenters. The Morgan fingerprint density at radius 2 is 1.76 bits per heavy atom. The van der Waals surface area contributed by atoms with Gasteiger partial charge in [-0.2, -0.15) is 0 Å². The van der Waals surface area contributed by atoms with Crippen LogP contribution in [0.3, 0.4) is 0 Å². The fourth-order valence-electron chi connectivity index (χ4n) is 3.81. The smallest absolute Gasteiger partial charge is 0.266 e. The van der Waals surface area contributed by atoms with Crippen LogP contribution in [0.4, 0.5) is 0 Å². The maximum absolute atomic E-state index is 13.4. The lowest BCUT2D eigenvalue weighted by Crippen LogP contribution is -2.22. The number of thioether (sulfide) groups is 1. The van der Waals surface area contributed by atoms with Crippen LogP contribution in [0.2, 0.25) is 5.02 Å². The third-order valence-corrected chi connectivity index (χ3v) is 6.55. The Balaban J connectivity index is 1.63. The zero-order chi connectivity index (χ0) is 23.1. The van der Waals surface area contributed by atoms with E-state index in [0.29, 0.717) is 38.2 Å². The Morgan fingerprint density at radius 1 is 0.939 bits per heavy atom. The maximum atomic E-state index is 13.4. The Hall–Kier alpha value is -3.42. The van der Waals surface area contributed by atoms with E-state index < -0.39 is 0 Å². The molecule has 0 radical (unpaired) electrons. The molecule has 5 aromatic rings. The van der Waals surface area contributed by atoms with Crippen molar-refractivity contribution < 1.29 is 0 Å². The highest BCUT2D eigenvalue weighted by Crippen LogP contribution is 2.25. The topological polar surface area (TPSA) is 69.3 Å². The van der Waals surface area contributed by atoms with E-state index in [1.165, 1.54) is 17.8 Å². The van der Waals surface area contributed by atoms with E-state index in [1.54, 1.807) is 27.2 Å². The first-order valence-corrected chi connectivity index (χ1v) is 11.7. The monoisotopic (exact) mass is 474 g/mol.